The van der Waals surface area contributed by atoms with Gasteiger partial charge in [0, 0.05) is 12.0 Å². The van der Waals surface area contributed by atoms with E-state index in [9.17, 15) is 0 Å². The topological polar surface area (TPSA) is 50.4 Å². The zero-order chi connectivity index (χ0) is 13.7. The Labute approximate surface area is 116 Å². The summed E-state index contributed by atoms with van der Waals surface area (Å²) in [6.07, 6.45) is 4.69. The minimum atomic E-state index is 0.132. The first-order valence-corrected chi connectivity index (χ1v) is 7.28. The summed E-state index contributed by atoms with van der Waals surface area (Å²) in [5.41, 5.74) is 8.96. The molecule has 1 aromatic carbocycles. The maximum atomic E-state index is 5.89. The summed E-state index contributed by atoms with van der Waals surface area (Å²) in [6, 6.07) is 8.75. The summed E-state index contributed by atoms with van der Waals surface area (Å²) in [5.74, 6) is 0.575. The number of nitrogens with two attached hydrogens (primary N) is 1. The van der Waals surface area contributed by atoms with Gasteiger partial charge in [-0.1, -0.05) is 38.1 Å². The summed E-state index contributed by atoms with van der Waals surface area (Å²) >= 11 is 0. The molecule has 0 amide bonds. The molecule has 0 saturated carbocycles. The van der Waals surface area contributed by atoms with Crippen molar-refractivity contribution in [3.8, 4) is 0 Å². The lowest BCUT2D eigenvalue weighted by atomic mass is 9.71. The summed E-state index contributed by atoms with van der Waals surface area (Å²) in [4.78, 5) is 4.54. The van der Waals surface area contributed by atoms with E-state index in [-0.39, 0.29) is 5.41 Å². The molecule has 1 aliphatic rings. The number of rotatable bonds is 4. The van der Waals surface area contributed by atoms with Crippen LogP contribution in [0.3, 0.4) is 0 Å². The monoisotopic (exact) mass is 259 g/mol. The number of aryl methyl sites for hydroxylation is 1. The van der Waals surface area contributed by atoms with Crippen molar-refractivity contribution in [2.45, 2.75) is 44.9 Å². The van der Waals surface area contributed by atoms with E-state index in [2.05, 4.69) is 48.4 Å². The van der Waals surface area contributed by atoms with E-state index in [1.165, 1.54) is 30.4 Å². The van der Waals surface area contributed by atoms with Gasteiger partial charge >= 0.3 is 0 Å². The van der Waals surface area contributed by atoms with Gasteiger partial charge in [0.05, 0.1) is 6.54 Å². The lowest BCUT2D eigenvalue weighted by Gasteiger charge is -2.34. The molecule has 0 fully saturated rings. The van der Waals surface area contributed by atoms with Crippen molar-refractivity contribution in [1.29, 1.82) is 0 Å². The number of aliphatic imine (C=N–C) groups is 1. The minimum absolute atomic E-state index is 0.132. The predicted octanol–water partition coefficient (Wildman–Crippen LogP) is 2.59. The molecule has 104 valence electrons. The van der Waals surface area contributed by atoms with E-state index in [0.717, 1.165) is 19.5 Å². The smallest absolute Gasteiger partial charge is 0.188 e. The number of benzene rings is 1. The first-order valence-electron chi connectivity index (χ1n) is 7.28. The van der Waals surface area contributed by atoms with Gasteiger partial charge in [0.2, 0.25) is 0 Å². The molecule has 0 radical (unpaired) electrons. The lowest BCUT2D eigenvalue weighted by molar-refractivity contribution is 0.404. The van der Waals surface area contributed by atoms with Crippen molar-refractivity contribution in [2.24, 2.45) is 10.7 Å². The van der Waals surface area contributed by atoms with Crippen LogP contribution in [0.4, 0.5) is 0 Å². The molecule has 1 aromatic rings. The Morgan fingerprint density at radius 1 is 1.42 bits per heavy atom. The summed E-state index contributed by atoms with van der Waals surface area (Å²) in [6.45, 7) is 6.09. The van der Waals surface area contributed by atoms with Gasteiger partial charge < -0.3 is 11.1 Å². The van der Waals surface area contributed by atoms with E-state index in [4.69, 9.17) is 5.73 Å². The largest absolute Gasteiger partial charge is 0.370 e. The van der Waals surface area contributed by atoms with Crippen molar-refractivity contribution in [3.05, 3.63) is 35.4 Å². The first kappa shape index (κ1) is 13.9. The molecule has 1 aliphatic carbocycles. The number of nitrogens with one attached hydrogen (secondary N) is 1. The molecule has 0 bridgehead atoms. The minimum Gasteiger partial charge on any atom is -0.370 e. The molecule has 3 nitrogen and oxygen atoms in total. The van der Waals surface area contributed by atoms with Gasteiger partial charge in [-0.3, -0.25) is 4.99 Å². The number of nitrogens with zero attached hydrogens (tertiary/aromatic N) is 1. The van der Waals surface area contributed by atoms with Gasteiger partial charge in [-0.05, 0) is 36.8 Å². The average molecular weight is 259 g/mol. The third kappa shape index (κ3) is 3.28. The number of fused-ring (bicyclic) bond motifs is 1. The Hall–Kier alpha value is -1.51. The number of guanidine groups is 1. The number of hydrogen-bond acceptors (Lipinski definition) is 1. The molecular formula is C16H25N3. The molecule has 19 heavy (non-hydrogen) atoms. The normalized spacial score (nSPS) is 22.9. The molecule has 0 saturated heterocycles. The molecule has 0 heterocycles. The lowest BCUT2D eigenvalue weighted by Crippen LogP contribution is -2.36. The highest BCUT2D eigenvalue weighted by Crippen LogP contribution is 2.37. The Kier molecular flexibility index (Phi) is 4.46. The van der Waals surface area contributed by atoms with Crippen molar-refractivity contribution < 1.29 is 0 Å². The fourth-order valence-electron chi connectivity index (χ4n) is 2.86. The van der Waals surface area contributed by atoms with Gasteiger partial charge in [0.1, 0.15) is 0 Å². The Morgan fingerprint density at radius 2 is 2.21 bits per heavy atom. The van der Waals surface area contributed by atoms with Crippen LogP contribution < -0.4 is 11.1 Å². The van der Waals surface area contributed by atoms with E-state index in [0.29, 0.717) is 5.96 Å². The van der Waals surface area contributed by atoms with E-state index < -0.39 is 0 Å². The quantitative estimate of drug-likeness (QED) is 0.645. The molecule has 0 aliphatic heterocycles. The molecule has 3 N–H and O–H groups in total. The maximum Gasteiger partial charge on any atom is 0.188 e. The molecule has 0 spiro atoms. The molecule has 2 rings (SSSR count). The van der Waals surface area contributed by atoms with Crippen molar-refractivity contribution in [3.63, 3.8) is 0 Å². The summed E-state index contributed by atoms with van der Waals surface area (Å²) in [7, 11) is 0. The fourth-order valence-corrected chi connectivity index (χ4v) is 2.86. The standard InChI is InChI=1S/C16H25N3/c1-3-11-18-15(17)19-12-16(2)10-6-8-13-7-4-5-9-14(13)16/h4-5,7,9H,3,6,8,10-12H2,1-2H3,(H3,17,18,19). The van der Waals surface area contributed by atoms with Crippen LogP contribution in [0.5, 0.6) is 0 Å². The summed E-state index contributed by atoms with van der Waals surface area (Å²) in [5, 5.41) is 3.14. The van der Waals surface area contributed by atoms with Crippen LogP contribution in [0.2, 0.25) is 0 Å². The SMILES string of the molecule is CCCNC(N)=NCC1(C)CCCc2ccccc21. The second-order valence-electron chi connectivity index (χ2n) is 5.70. The van der Waals surface area contributed by atoms with Gasteiger partial charge in [0.25, 0.3) is 0 Å². The maximum absolute atomic E-state index is 5.89. The predicted molar refractivity (Wildman–Crippen MR) is 81.5 cm³/mol. The molecule has 0 aromatic heterocycles. The van der Waals surface area contributed by atoms with E-state index in [1.54, 1.807) is 0 Å². The molecule has 1 unspecified atom stereocenters. The zero-order valence-electron chi connectivity index (χ0n) is 12.1. The third-order valence-corrected chi connectivity index (χ3v) is 4.00. The zero-order valence-corrected chi connectivity index (χ0v) is 12.1. The highest BCUT2D eigenvalue weighted by molar-refractivity contribution is 5.77. The van der Waals surface area contributed by atoms with E-state index >= 15 is 0 Å². The first-order chi connectivity index (χ1) is 9.15. The van der Waals surface area contributed by atoms with Crippen molar-refractivity contribution >= 4 is 5.96 Å². The Bertz CT molecular complexity index is 453. The van der Waals surface area contributed by atoms with Crippen LogP contribution >= 0.6 is 0 Å². The fraction of sp³-hybridized carbons (Fsp3) is 0.562. The van der Waals surface area contributed by atoms with Crippen LogP contribution in [-0.2, 0) is 11.8 Å². The second-order valence-corrected chi connectivity index (χ2v) is 5.70. The van der Waals surface area contributed by atoms with Gasteiger partial charge in [-0.25, -0.2) is 0 Å². The molecule has 1 atom stereocenters. The summed E-state index contributed by atoms with van der Waals surface area (Å²) < 4.78 is 0. The van der Waals surface area contributed by atoms with Crippen molar-refractivity contribution in [2.75, 3.05) is 13.1 Å². The van der Waals surface area contributed by atoms with Crippen LogP contribution in [0.25, 0.3) is 0 Å². The number of hydrogen-bond donors (Lipinski definition) is 2. The van der Waals surface area contributed by atoms with Crippen LogP contribution in [0.1, 0.15) is 44.2 Å². The highest BCUT2D eigenvalue weighted by Gasteiger charge is 2.31. The third-order valence-electron chi connectivity index (χ3n) is 4.00. The second kappa shape index (κ2) is 6.09. The Morgan fingerprint density at radius 3 is 3.00 bits per heavy atom. The van der Waals surface area contributed by atoms with Gasteiger partial charge in [0.15, 0.2) is 5.96 Å². The van der Waals surface area contributed by atoms with Crippen LogP contribution in [-0.4, -0.2) is 19.0 Å². The van der Waals surface area contributed by atoms with Gasteiger partial charge in [-0.2, -0.15) is 0 Å². The molecular weight excluding hydrogens is 234 g/mol. The molecule has 3 heteroatoms. The Balaban J connectivity index is 2.11. The van der Waals surface area contributed by atoms with Crippen LogP contribution in [0.15, 0.2) is 29.3 Å². The highest BCUT2D eigenvalue weighted by atomic mass is 15.1. The van der Waals surface area contributed by atoms with Crippen molar-refractivity contribution in [1.82, 2.24) is 5.32 Å². The van der Waals surface area contributed by atoms with Crippen LogP contribution in [0, 0.1) is 0 Å². The van der Waals surface area contributed by atoms with Gasteiger partial charge in [-0.15, -0.1) is 0 Å². The van der Waals surface area contributed by atoms with E-state index in [1.807, 2.05) is 0 Å². The average Bonchev–Trinajstić information content (AvgIpc) is 2.44.